The number of aromatic nitrogens is 1. The van der Waals surface area contributed by atoms with Crippen LogP contribution in [-0.4, -0.2) is 48.1 Å². The van der Waals surface area contributed by atoms with Gasteiger partial charge in [-0.2, -0.15) is 17.5 Å². The topological polar surface area (TPSA) is 70.6 Å². The van der Waals surface area contributed by atoms with Crippen molar-refractivity contribution in [3.05, 3.63) is 59.4 Å². The van der Waals surface area contributed by atoms with E-state index in [4.69, 9.17) is 0 Å². The van der Waals surface area contributed by atoms with Crippen molar-refractivity contribution >= 4 is 15.9 Å². The molecule has 1 amide bonds. The van der Waals surface area contributed by atoms with Gasteiger partial charge in [0.25, 0.3) is 5.91 Å². The summed E-state index contributed by atoms with van der Waals surface area (Å²) in [6, 6.07) is 4.69. The predicted molar refractivity (Wildman–Crippen MR) is 88.2 cm³/mol. The first-order valence-electron chi connectivity index (χ1n) is 8.12. The molecule has 10 heteroatoms. The second kappa shape index (κ2) is 6.03. The van der Waals surface area contributed by atoms with Gasteiger partial charge in [-0.3, -0.25) is 9.78 Å². The van der Waals surface area contributed by atoms with E-state index >= 15 is 0 Å². The lowest BCUT2D eigenvalue weighted by atomic mass is 10.1. The Kier molecular flexibility index (Phi) is 4.00. The Morgan fingerprint density at radius 1 is 1.07 bits per heavy atom. The summed E-state index contributed by atoms with van der Waals surface area (Å²) in [5, 5.41) is 0. The lowest BCUT2D eigenvalue weighted by Gasteiger charge is -2.37. The standard InChI is InChI=1S/C17H14F3N3O3S/c18-17(19,20)11-1-3-12(4-2-11)27(25,26)22-7-8-23-15(10-22)13-5-6-21-9-14(13)16(23)24/h1-6,9,15H,7-8,10H2. The van der Waals surface area contributed by atoms with Gasteiger partial charge in [-0.25, -0.2) is 8.42 Å². The Morgan fingerprint density at radius 2 is 1.78 bits per heavy atom. The Morgan fingerprint density at radius 3 is 2.44 bits per heavy atom. The zero-order valence-corrected chi connectivity index (χ0v) is 14.7. The monoisotopic (exact) mass is 397 g/mol. The van der Waals surface area contributed by atoms with Gasteiger partial charge in [-0.1, -0.05) is 0 Å². The van der Waals surface area contributed by atoms with Gasteiger partial charge in [0, 0.05) is 32.0 Å². The molecule has 0 bridgehead atoms. The summed E-state index contributed by atoms with van der Waals surface area (Å²) in [6.07, 6.45) is -1.53. The van der Waals surface area contributed by atoms with Crippen molar-refractivity contribution in [3.63, 3.8) is 0 Å². The van der Waals surface area contributed by atoms with Crippen LogP contribution in [0.5, 0.6) is 0 Å². The van der Waals surface area contributed by atoms with E-state index in [1.165, 1.54) is 10.5 Å². The lowest BCUT2D eigenvalue weighted by molar-refractivity contribution is -0.137. The van der Waals surface area contributed by atoms with Gasteiger partial charge in [0.05, 0.1) is 22.1 Å². The van der Waals surface area contributed by atoms with Crippen molar-refractivity contribution in [2.75, 3.05) is 19.6 Å². The summed E-state index contributed by atoms with van der Waals surface area (Å²) in [6.45, 7) is 0.331. The van der Waals surface area contributed by atoms with Gasteiger partial charge in [0.15, 0.2) is 0 Å². The average Bonchev–Trinajstić information content (AvgIpc) is 2.94. The fraction of sp³-hybridized carbons (Fsp3) is 0.294. The number of sulfonamides is 1. The highest BCUT2D eigenvalue weighted by Gasteiger charge is 2.43. The SMILES string of the molecule is O=C1c2cnccc2C2CN(S(=O)(=O)c3ccc(C(F)(F)F)cc3)CCN12. The molecule has 2 aliphatic heterocycles. The molecule has 1 fully saturated rings. The molecule has 0 saturated carbocycles. The highest BCUT2D eigenvalue weighted by Crippen LogP contribution is 2.37. The number of hydrogen-bond acceptors (Lipinski definition) is 4. The summed E-state index contributed by atoms with van der Waals surface area (Å²) in [5.41, 5.74) is 0.257. The Bertz CT molecular complexity index is 1010. The molecule has 1 unspecified atom stereocenters. The molecular weight excluding hydrogens is 383 g/mol. The highest BCUT2D eigenvalue weighted by atomic mass is 32.2. The normalized spacial score (nSPS) is 20.5. The Labute approximate surface area is 153 Å². The summed E-state index contributed by atoms with van der Waals surface area (Å²) in [5.74, 6) is -0.185. The van der Waals surface area contributed by atoms with Crippen LogP contribution in [0, 0.1) is 0 Å². The molecule has 1 aromatic heterocycles. The third kappa shape index (κ3) is 2.88. The lowest BCUT2D eigenvalue weighted by Crippen LogP contribution is -2.49. The number of amides is 1. The van der Waals surface area contributed by atoms with E-state index in [0.717, 1.165) is 24.3 Å². The maximum atomic E-state index is 12.9. The summed E-state index contributed by atoms with van der Waals surface area (Å²) in [7, 11) is -3.97. The molecule has 0 radical (unpaired) electrons. The van der Waals surface area contributed by atoms with Crippen LogP contribution in [0.4, 0.5) is 13.2 Å². The minimum absolute atomic E-state index is 0.0477. The second-order valence-corrected chi connectivity index (χ2v) is 8.30. The van der Waals surface area contributed by atoms with Crippen molar-refractivity contribution < 1.29 is 26.4 Å². The number of alkyl halides is 3. The van der Waals surface area contributed by atoms with E-state index in [1.807, 2.05) is 0 Å². The van der Waals surface area contributed by atoms with E-state index in [-0.39, 0.29) is 30.4 Å². The summed E-state index contributed by atoms with van der Waals surface area (Å²) >= 11 is 0. The van der Waals surface area contributed by atoms with Gasteiger partial charge in [0.1, 0.15) is 0 Å². The maximum absolute atomic E-state index is 12.9. The molecule has 0 aliphatic carbocycles. The predicted octanol–water partition coefficient (Wildman–Crippen LogP) is 2.30. The summed E-state index contributed by atoms with van der Waals surface area (Å²) in [4.78, 5) is 17.7. The Hall–Kier alpha value is -2.46. The smallest absolute Gasteiger partial charge is 0.329 e. The molecule has 142 valence electrons. The van der Waals surface area contributed by atoms with Crippen molar-refractivity contribution in [2.45, 2.75) is 17.1 Å². The maximum Gasteiger partial charge on any atom is 0.416 e. The molecule has 0 spiro atoms. The number of carbonyl (C=O) groups is 1. The number of hydrogen-bond donors (Lipinski definition) is 0. The van der Waals surface area contributed by atoms with Crippen molar-refractivity contribution in [3.8, 4) is 0 Å². The largest absolute Gasteiger partial charge is 0.416 e. The van der Waals surface area contributed by atoms with Crippen LogP contribution in [0.15, 0.2) is 47.6 Å². The molecule has 4 rings (SSSR count). The van der Waals surface area contributed by atoms with Crippen LogP contribution in [0.1, 0.15) is 27.5 Å². The number of piperazine rings is 1. The number of carbonyl (C=O) groups excluding carboxylic acids is 1. The van der Waals surface area contributed by atoms with E-state index in [1.54, 1.807) is 17.2 Å². The van der Waals surface area contributed by atoms with Crippen LogP contribution in [0.3, 0.4) is 0 Å². The molecule has 1 aromatic carbocycles. The number of fused-ring (bicyclic) bond motifs is 3. The number of pyridine rings is 1. The fourth-order valence-corrected chi connectivity index (χ4v) is 4.92. The number of nitrogens with zero attached hydrogens (tertiary/aromatic N) is 3. The fourth-order valence-electron chi connectivity index (χ4n) is 3.48. The first kappa shape index (κ1) is 17.9. The minimum Gasteiger partial charge on any atom is -0.329 e. The number of rotatable bonds is 2. The van der Waals surface area contributed by atoms with Crippen molar-refractivity contribution in [2.24, 2.45) is 0 Å². The average molecular weight is 397 g/mol. The van der Waals surface area contributed by atoms with Crippen LogP contribution in [0.25, 0.3) is 0 Å². The molecule has 1 saturated heterocycles. The zero-order chi connectivity index (χ0) is 19.4. The molecule has 3 heterocycles. The molecule has 0 N–H and O–H groups in total. The highest BCUT2D eigenvalue weighted by molar-refractivity contribution is 7.89. The third-order valence-electron chi connectivity index (χ3n) is 4.87. The van der Waals surface area contributed by atoms with Crippen LogP contribution in [-0.2, 0) is 16.2 Å². The molecule has 2 aliphatic rings. The first-order valence-corrected chi connectivity index (χ1v) is 9.56. The van der Waals surface area contributed by atoms with E-state index in [0.29, 0.717) is 11.1 Å². The molecule has 2 aromatic rings. The third-order valence-corrected chi connectivity index (χ3v) is 6.75. The minimum atomic E-state index is -4.53. The molecular formula is C17H14F3N3O3S. The van der Waals surface area contributed by atoms with Crippen LogP contribution in [0.2, 0.25) is 0 Å². The molecule has 6 nitrogen and oxygen atoms in total. The van der Waals surface area contributed by atoms with Crippen molar-refractivity contribution in [1.82, 2.24) is 14.2 Å². The molecule has 27 heavy (non-hydrogen) atoms. The summed E-state index contributed by atoms with van der Waals surface area (Å²) < 4.78 is 65.0. The van der Waals surface area contributed by atoms with E-state index < -0.39 is 27.8 Å². The second-order valence-electron chi connectivity index (χ2n) is 6.36. The van der Waals surface area contributed by atoms with Gasteiger partial charge >= 0.3 is 6.18 Å². The van der Waals surface area contributed by atoms with Crippen LogP contribution >= 0.6 is 0 Å². The van der Waals surface area contributed by atoms with E-state index in [9.17, 15) is 26.4 Å². The van der Waals surface area contributed by atoms with Gasteiger partial charge in [-0.15, -0.1) is 0 Å². The van der Waals surface area contributed by atoms with E-state index in [2.05, 4.69) is 4.98 Å². The number of benzene rings is 1. The van der Waals surface area contributed by atoms with Gasteiger partial charge < -0.3 is 4.90 Å². The van der Waals surface area contributed by atoms with Gasteiger partial charge in [-0.05, 0) is 35.9 Å². The van der Waals surface area contributed by atoms with Crippen molar-refractivity contribution in [1.29, 1.82) is 0 Å². The zero-order valence-electron chi connectivity index (χ0n) is 13.8. The van der Waals surface area contributed by atoms with Crippen LogP contribution < -0.4 is 0 Å². The number of halogens is 3. The van der Waals surface area contributed by atoms with Gasteiger partial charge in [0.2, 0.25) is 10.0 Å². The first-order chi connectivity index (χ1) is 12.7. The molecule has 1 atom stereocenters. The quantitative estimate of drug-likeness (QED) is 0.780. The Balaban J connectivity index is 1.62.